The van der Waals surface area contributed by atoms with Crippen molar-refractivity contribution in [3.63, 3.8) is 0 Å². The molecule has 1 aromatic rings. The standard InChI is InChI=1S/C17H23N3/c1-19(2)11-3-4-13-12-16(9-10-17(13)18)20-14-5-6-15(20)8-7-14/h9-10,12,14-15H,5-8,11,18H2,1-2H3. The minimum absolute atomic E-state index is 0.742. The Balaban J connectivity index is 1.84. The van der Waals surface area contributed by atoms with Gasteiger partial charge in [-0.3, -0.25) is 4.90 Å². The molecule has 3 nitrogen and oxygen atoms in total. The monoisotopic (exact) mass is 269 g/mol. The van der Waals surface area contributed by atoms with Crippen molar-refractivity contribution >= 4 is 11.4 Å². The third kappa shape index (κ3) is 2.48. The Labute approximate surface area is 121 Å². The summed E-state index contributed by atoms with van der Waals surface area (Å²) in [6.45, 7) is 0.763. The zero-order chi connectivity index (χ0) is 14.1. The largest absolute Gasteiger partial charge is 0.398 e. The van der Waals surface area contributed by atoms with Gasteiger partial charge in [0, 0.05) is 29.0 Å². The van der Waals surface area contributed by atoms with E-state index in [1.54, 1.807) is 0 Å². The van der Waals surface area contributed by atoms with Crippen LogP contribution in [0.25, 0.3) is 0 Å². The Kier molecular flexibility index (Phi) is 3.58. The SMILES string of the molecule is CN(C)CC#Cc1cc(N2C3CCC2CC3)ccc1N. The quantitative estimate of drug-likeness (QED) is 0.660. The molecule has 0 aromatic heterocycles. The van der Waals surface area contributed by atoms with Crippen molar-refractivity contribution in [2.75, 3.05) is 31.3 Å². The molecule has 0 aliphatic carbocycles. The predicted octanol–water partition coefficient (Wildman–Crippen LogP) is 2.31. The van der Waals surface area contributed by atoms with Gasteiger partial charge in [0.25, 0.3) is 0 Å². The van der Waals surface area contributed by atoms with Gasteiger partial charge in [-0.25, -0.2) is 0 Å². The second-order valence-corrected chi connectivity index (χ2v) is 6.18. The van der Waals surface area contributed by atoms with Crippen LogP contribution in [0.4, 0.5) is 11.4 Å². The number of hydrogen-bond donors (Lipinski definition) is 1. The third-order valence-electron chi connectivity index (χ3n) is 4.41. The lowest BCUT2D eigenvalue weighted by Gasteiger charge is -2.25. The molecule has 20 heavy (non-hydrogen) atoms. The minimum Gasteiger partial charge on any atom is -0.398 e. The van der Waals surface area contributed by atoms with Crippen molar-refractivity contribution in [2.24, 2.45) is 0 Å². The fourth-order valence-corrected chi connectivity index (χ4v) is 3.44. The highest BCUT2D eigenvalue weighted by Gasteiger charge is 2.39. The second kappa shape index (κ2) is 5.38. The molecule has 0 radical (unpaired) electrons. The number of nitrogens with zero attached hydrogens (tertiary/aromatic N) is 2. The van der Waals surface area contributed by atoms with Crippen LogP contribution in [0.5, 0.6) is 0 Å². The van der Waals surface area contributed by atoms with Crippen molar-refractivity contribution in [3.8, 4) is 11.8 Å². The molecule has 106 valence electrons. The molecule has 3 heteroatoms. The van der Waals surface area contributed by atoms with Crippen LogP contribution in [0.1, 0.15) is 31.2 Å². The second-order valence-electron chi connectivity index (χ2n) is 6.18. The highest BCUT2D eigenvalue weighted by Crippen LogP contribution is 2.41. The number of hydrogen-bond acceptors (Lipinski definition) is 3. The van der Waals surface area contributed by atoms with E-state index in [0.717, 1.165) is 29.9 Å². The van der Waals surface area contributed by atoms with Crippen LogP contribution in [0, 0.1) is 11.8 Å². The normalized spacial score (nSPS) is 24.1. The summed E-state index contributed by atoms with van der Waals surface area (Å²) in [5.74, 6) is 6.39. The number of anilines is 2. The fourth-order valence-electron chi connectivity index (χ4n) is 3.44. The maximum atomic E-state index is 6.06. The lowest BCUT2D eigenvalue weighted by molar-refractivity contribution is 0.464. The molecule has 1 aromatic carbocycles. The highest BCUT2D eigenvalue weighted by molar-refractivity contribution is 5.65. The maximum absolute atomic E-state index is 6.06. The summed E-state index contributed by atoms with van der Waals surface area (Å²) in [6, 6.07) is 7.82. The van der Waals surface area contributed by atoms with Crippen LogP contribution in [0.15, 0.2) is 18.2 Å². The average molecular weight is 269 g/mol. The molecule has 0 spiro atoms. The molecule has 0 saturated carbocycles. The maximum Gasteiger partial charge on any atom is 0.0600 e. The molecule has 2 aliphatic heterocycles. The van der Waals surface area contributed by atoms with Crippen LogP contribution >= 0.6 is 0 Å². The number of benzene rings is 1. The van der Waals surface area contributed by atoms with E-state index in [4.69, 9.17) is 5.73 Å². The van der Waals surface area contributed by atoms with E-state index in [0.29, 0.717) is 0 Å². The smallest absolute Gasteiger partial charge is 0.0600 e. The van der Waals surface area contributed by atoms with E-state index >= 15 is 0 Å². The van der Waals surface area contributed by atoms with Crippen LogP contribution in [0.2, 0.25) is 0 Å². The van der Waals surface area contributed by atoms with Gasteiger partial charge in [-0.1, -0.05) is 11.8 Å². The molecule has 0 amide bonds. The average Bonchev–Trinajstić information content (AvgIpc) is 3.00. The van der Waals surface area contributed by atoms with Crippen LogP contribution < -0.4 is 10.6 Å². The molecule has 2 N–H and O–H groups in total. The molecule has 2 fully saturated rings. The van der Waals surface area contributed by atoms with E-state index in [1.807, 2.05) is 20.2 Å². The van der Waals surface area contributed by atoms with Crippen molar-refractivity contribution in [2.45, 2.75) is 37.8 Å². The van der Waals surface area contributed by atoms with Gasteiger partial charge in [0.1, 0.15) is 0 Å². The van der Waals surface area contributed by atoms with Gasteiger partial charge in [-0.2, -0.15) is 0 Å². The summed E-state index contributed by atoms with van der Waals surface area (Å²) in [5.41, 5.74) is 9.11. The van der Waals surface area contributed by atoms with Crippen LogP contribution in [0.3, 0.4) is 0 Å². The molecule has 2 bridgehead atoms. The van der Waals surface area contributed by atoms with Crippen LogP contribution in [-0.2, 0) is 0 Å². The van der Waals surface area contributed by atoms with Gasteiger partial charge in [0.05, 0.1) is 6.54 Å². The van der Waals surface area contributed by atoms with Gasteiger partial charge in [0.15, 0.2) is 0 Å². The Bertz CT molecular complexity index is 533. The molecule has 2 saturated heterocycles. The fraction of sp³-hybridized carbons (Fsp3) is 0.529. The summed E-state index contributed by atoms with van der Waals surface area (Å²) < 4.78 is 0. The molecule has 0 unspecified atom stereocenters. The van der Waals surface area contributed by atoms with Crippen molar-refractivity contribution < 1.29 is 0 Å². The van der Waals surface area contributed by atoms with E-state index in [-0.39, 0.29) is 0 Å². The zero-order valence-electron chi connectivity index (χ0n) is 12.4. The zero-order valence-corrected chi connectivity index (χ0v) is 12.4. The van der Waals surface area contributed by atoms with E-state index < -0.39 is 0 Å². The highest BCUT2D eigenvalue weighted by atomic mass is 15.2. The molecular formula is C17H23N3. The Morgan fingerprint density at radius 1 is 1.20 bits per heavy atom. The summed E-state index contributed by atoms with van der Waals surface area (Å²) in [7, 11) is 4.05. The third-order valence-corrected chi connectivity index (χ3v) is 4.41. The molecule has 2 heterocycles. The lowest BCUT2D eigenvalue weighted by atomic mass is 10.0. The number of fused-ring (bicyclic) bond motifs is 2. The molecule has 3 rings (SSSR count). The number of nitrogens with two attached hydrogens (primary N) is 1. The predicted molar refractivity (Wildman–Crippen MR) is 84.8 cm³/mol. The first-order chi connectivity index (χ1) is 9.65. The number of nitrogen functional groups attached to an aromatic ring is 1. The Hall–Kier alpha value is -1.66. The lowest BCUT2D eigenvalue weighted by Crippen LogP contribution is -2.28. The molecular weight excluding hydrogens is 246 g/mol. The van der Waals surface area contributed by atoms with Gasteiger partial charge in [0.2, 0.25) is 0 Å². The van der Waals surface area contributed by atoms with Crippen LogP contribution in [-0.4, -0.2) is 37.6 Å². The van der Waals surface area contributed by atoms with Gasteiger partial charge < -0.3 is 10.6 Å². The first-order valence-electron chi connectivity index (χ1n) is 7.46. The van der Waals surface area contributed by atoms with Crippen molar-refractivity contribution in [1.82, 2.24) is 4.90 Å². The molecule has 2 aliphatic rings. The minimum atomic E-state index is 0.742. The first-order valence-corrected chi connectivity index (χ1v) is 7.46. The van der Waals surface area contributed by atoms with E-state index in [9.17, 15) is 0 Å². The van der Waals surface area contributed by atoms with Gasteiger partial charge >= 0.3 is 0 Å². The summed E-state index contributed by atoms with van der Waals surface area (Å²) in [4.78, 5) is 4.66. The van der Waals surface area contributed by atoms with Gasteiger partial charge in [-0.15, -0.1) is 0 Å². The van der Waals surface area contributed by atoms with Gasteiger partial charge in [-0.05, 0) is 58.0 Å². The Morgan fingerprint density at radius 2 is 1.85 bits per heavy atom. The van der Waals surface area contributed by atoms with Crippen molar-refractivity contribution in [3.05, 3.63) is 23.8 Å². The van der Waals surface area contributed by atoms with Crippen molar-refractivity contribution in [1.29, 1.82) is 0 Å². The first kappa shape index (κ1) is 13.3. The van der Waals surface area contributed by atoms with E-state index in [1.165, 1.54) is 31.4 Å². The number of rotatable bonds is 2. The summed E-state index contributed by atoms with van der Waals surface area (Å²) in [6.07, 6.45) is 5.38. The summed E-state index contributed by atoms with van der Waals surface area (Å²) >= 11 is 0. The molecule has 0 atom stereocenters. The topological polar surface area (TPSA) is 32.5 Å². The summed E-state index contributed by atoms with van der Waals surface area (Å²) in [5, 5.41) is 0. The Morgan fingerprint density at radius 3 is 2.45 bits per heavy atom. The van der Waals surface area contributed by atoms with E-state index in [2.05, 4.69) is 33.8 Å².